The Morgan fingerprint density at radius 2 is 1.76 bits per heavy atom. The summed E-state index contributed by atoms with van der Waals surface area (Å²) in [5.41, 5.74) is 1.74. The SMILES string of the molecule is Cn1c(-c2ccc(S(C)(=O)=O)cc2)nc2c(F)cccc21. The summed E-state index contributed by atoms with van der Waals surface area (Å²) in [6.07, 6.45) is 1.16. The summed E-state index contributed by atoms with van der Waals surface area (Å²) in [6.45, 7) is 0. The van der Waals surface area contributed by atoms with E-state index in [1.54, 1.807) is 35.9 Å². The van der Waals surface area contributed by atoms with Gasteiger partial charge in [-0.05, 0) is 36.4 Å². The maximum absolute atomic E-state index is 13.8. The van der Waals surface area contributed by atoms with Crippen LogP contribution in [0.5, 0.6) is 0 Å². The van der Waals surface area contributed by atoms with Crippen molar-refractivity contribution >= 4 is 20.9 Å². The van der Waals surface area contributed by atoms with Gasteiger partial charge in [-0.3, -0.25) is 0 Å². The molecule has 0 fully saturated rings. The zero-order valence-electron chi connectivity index (χ0n) is 11.5. The number of fused-ring (bicyclic) bond motifs is 1. The fourth-order valence-electron chi connectivity index (χ4n) is 2.29. The first-order chi connectivity index (χ1) is 9.88. The van der Waals surface area contributed by atoms with Crippen molar-refractivity contribution in [2.24, 2.45) is 7.05 Å². The number of halogens is 1. The second-order valence-corrected chi connectivity index (χ2v) is 6.91. The lowest BCUT2D eigenvalue weighted by molar-refractivity contribution is 0.602. The Morgan fingerprint density at radius 3 is 2.33 bits per heavy atom. The van der Waals surface area contributed by atoms with Crippen LogP contribution < -0.4 is 0 Å². The van der Waals surface area contributed by atoms with E-state index in [4.69, 9.17) is 0 Å². The molecule has 0 saturated carbocycles. The zero-order chi connectivity index (χ0) is 15.2. The molecule has 0 aliphatic heterocycles. The van der Waals surface area contributed by atoms with E-state index >= 15 is 0 Å². The molecular weight excluding hydrogens is 291 g/mol. The third kappa shape index (κ3) is 2.31. The van der Waals surface area contributed by atoms with Gasteiger partial charge < -0.3 is 4.57 Å². The lowest BCUT2D eigenvalue weighted by Gasteiger charge is -2.03. The van der Waals surface area contributed by atoms with E-state index < -0.39 is 9.84 Å². The average Bonchev–Trinajstić information content (AvgIpc) is 2.77. The molecule has 0 aliphatic carbocycles. The summed E-state index contributed by atoms with van der Waals surface area (Å²) in [4.78, 5) is 4.56. The third-order valence-electron chi connectivity index (χ3n) is 3.40. The monoisotopic (exact) mass is 304 g/mol. The van der Waals surface area contributed by atoms with Crippen molar-refractivity contribution in [1.82, 2.24) is 9.55 Å². The average molecular weight is 304 g/mol. The van der Waals surface area contributed by atoms with Gasteiger partial charge in [-0.15, -0.1) is 0 Å². The fourth-order valence-corrected chi connectivity index (χ4v) is 2.92. The van der Waals surface area contributed by atoms with Gasteiger partial charge >= 0.3 is 0 Å². The summed E-state index contributed by atoms with van der Waals surface area (Å²) in [6, 6.07) is 11.2. The number of benzene rings is 2. The molecule has 0 bridgehead atoms. The van der Waals surface area contributed by atoms with E-state index in [-0.39, 0.29) is 10.7 Å². The minimum Gasteiger partial charge on any atom is -0.327 e. The van der Waals surface area contributed by atoms with Crippen molar-refractivity contribution in [3.63, 3.8) is 0 Å². The molecule has 0 saturated heterocycles. The number of hydrogen-bond acceptors (Lipinski definition) is 3. The zero-order valence-corrected chi connectivity index (χ0v) is 12.4. The highest BCUT2D eigenvalue weighted by Gasteiger charge is 2.13. The summed E-state index contributed by atoms with van der Waals surface area (Å²) >= 11 is 0. The van der Waals surface area contributed by atoms with Gasteiger partial charge in [0.05, 0.1) is 10.4 Å². The molecule has 0 aliphatic rings. The Morgan fingerprint density at radius 1 is 1.10 bits per heavy atom. The molecule has 3 rings (SSSR count). The van der Waals surface area contributed by atoms with Crippen molar-refractivity contribution in [1.29, 1.82) is 0 Å². The molecule has 21 heavy (non-hydrogen) atoms. The van der Waals surface area contributed by atoms with E-state index in [9.17, 15) is 12.8 Å². The Bertz CT molecular complexity index is 928. The summed E-state index contributed by atoms with van der Waals surface area (Å²) in [7, 11) is -1.43. The van der Waals surface area contributed by atoms with E-state index in [1.165, 1.54) is 18.2 Å². The lowest BCUT2D eigenvalue weighted by atomic mass is 10.2. The Balaban J connectivity index is 2.17. The van der Waals surface area contributed by atoms with Crippen molar-refractivity contribution < 1.29 is 12.8 Å². The molecule has 1 heterocycles. The molecule has 0 atom stereocenters. The van der Waals surface area contributed by atoms with Gasteiger partial charge in [-0.2, -0.15) is 0 Å². The van der Waals surface area contributed by atoms with Crippen LogP contribution in [-0.2, 0) is 16.9 Å². The predicted molar refractivity (Wildman–Crippen MR) is 79.2 cm³/mol. The lowest BCUT2D eigenvalue weighted by Crippen LogP contribution is -1.97. The molecular formula is C15H13FN2O2S. The molecule has 1 aromatic heterocycles. The molecule has 0 N–H and O–H groups in total. The highest BCUT2D eigenvalue weighted by atomic mass is 32.2. The normalized spacial score (nSPS) is 12.0. The number of sulfone groups is 1. The minimum atomic E-state index is -3.23. The molecule has 108 valence electrons. The first kappa shape index (κ1) is 13.8. The Kier molecular flexibility index (Phi) is 3.06. The molecule has 6 heteroatoms. The van der Waals surface area contributed by atoms with Gasteiger partial charge in [-0.1, -0.05) is 6.07 Å². The molecule has 0 unspecified atom stereocenters. The van der Waals surface area contributed by atoms with Crippen LogP contribution in [0.15, 0.2) is 47.4 Å². The van der Waals surface area contributed by atoms with Crippen LogP contribution in [0.2, 0.25) is 0 Å². The second-order valence-electron chi connectivity index (χ2n) is 4.90. The van der Waals surface area contributed by atoms with E-state index in [0.717, 1.165) is 11.8 Å². The molecule has 0 radical (unpaired) electrons. The third-order valence-corrected chi connectivity index (χ3v) is 4.53. The second kappa shape index (κ2) is 4.66. The standard InChI is InChI=1S/C15H13FN2O2S/c1-18-13-5-3-4-12(16)14(13)17-15(18)10-6-8-11(9-7-10)21(2,19)20/h3-9H,1-2H3. The number of aryl methyl sites for hydroxylation is 1. The highest BCUT2D eigenvalue weighted by Crippen LogP contribution is 2.26. The summed E-state index contributed by atoms with van der Waals surface area (Å²) < 4.78 is 38.5. The van der Waals surface area contributed by atoms with Crippen LogP contribution >= 0.6 is 0 Å². The molecule has 3 aromatic rings. The van der Waals surface area contributed by atoms with Crippen LogP contribution in [-0.4, -0.2) is 24.2 Å². The number of para-hydroxylation sites is 1. The van der Waals surface area contributed by atoms with Gasteiger partial charge in [0, 0.05) is 18.9 Å². The highest BCUT2D eigenvalue weighted by molar-refractivity contribution is 7.90. The number of hydrogen-bond donors (Lipinski definition) is 0. The van der Waals surface area contributed by atoms with Crippen LogP contribution in [0, 0.1) is 5.82 Å². The van der Waals surface area contributed by atoms with E-state index in [0.29, 0.717) is 16.9 Å². The summed E-state index contributed by atoms with van der Waals surface area (Å²) in [5.74, 6) is 0.220. The molecule has 2 aromatic carbocycles. The molecule has 0 spiro atoms. The first-order valence-corrected chi connectivity index (χ1v) is 8.18. The van der Waals surface area contributed by atoms with Gasteiger partial charge in [-0.25, -0.2) is 17.8 Å². The van der Waals surface area contributed by atoms with Crippen LogP contribution in [0.1, 0.15) is 0 Å². The smallest absolute Gasteiger partial charge is 0.175 e. The van der Waals surface area contributed by atoms with Gasteiger partial charge in [0.25, 0.3) is 0 Å². The topological polar surface area (TPSA) is 52.0 Å². The van der Waals surface area contributed by atoms with Crippen molar-refractivity contribution in [3.8, 4) is 11.4 Å². The maximum Gasteiger partial charge on any atom is 0.175 e. The fraction of sp³-hybridized carbons (Fsp3) is 0.133. The van der Waals surface area contributed by atoms with Crippen molar-refractivity contribution in [2.75, 3.05) is 6.26 Å². The number of rotatable bonds is 2. The van der Waals surface area contributed by atoms with Crippen molar-refractivity contribution in [2.45, 2.75) is 4.90 Å². The van der Waals surface area contributed by atoms with Crippen LogP contribution in [0.4, 0.5) is 4.39 Å². The summed E-state index contributed by atoms with van der Waals surface area (Å²) in [5, 5.41) is 0. The van der Waals surface area contributed by atoms with Crippen LogP contribution in [0.3, 0.4) is 0 Å². The predicted octanol–water partition coefficient (Wildman–Crippen LogP) is 2.78. The quantitative estimate of drug-likeness (QED) is 0.731. The Labute approximate surface area is 121 Å². The van der Waals surface area contributed by atoms with E-state index in [2.05, 4.69) is 4.98 Å². The van der Waals surface area contributed by atoms with E-state index in [1.807, 2.05) is 0 Å². The van der Waals surface area contributed by atoms with Crippen molar-refractivity contribution in [3.05, 3.63) is 48.3 Å². The number of aromatic nitrogens is 2. The number of imidazole rings is 1. The van der Waals surface area contributed by atoms with Gasteiger partial charge in [0.15, 0.2) is 15.7 Å². The minimum absolute atomic E-state index is 0.246. The largest absolute Gasteiger partial charge is 0.327 e. The van der Waals surface area contributed by atoms with Gasteiger partial charge in [0.2, 0.25) is 0 Å². The van der Waals surface area contributed by atoms with Crippen LogP contribution in [0.25, 0.3) is 22.4 Å². The molecule has 4 nitrogen and oxygen atoms in total. The molecule has 0 amide bonds. The number of nitrogens with zero attached hydrogens (tertiary/aromatic N) is 2. The van der Waals surface area contributed by atoms with Gasteiger partial charge in [0.1, 0.15) is 11.3 Å². The Hall–Kier alpha value is -2.21. The first-order valence-electron chi connectivity index (χ1n) is 6.29. The maximum atomic E-state index is 13.8.